The summed E-state index contributed by atoms with van der Waals surface area (Å²) in [6.07, 6.45) is 3.09. The van der Waals surface area contributed by atoms with Gasteiger partial charge in [-0.05, 0) is 22.3 Å². The van der Waals surface area contributed by atoms with E-state index < -0.39 is 18.1 Å². The van der Waals surface area contributed by atoms with E-state index in [9.17, 15) is 9.59 Å². The van der Waals surface area contributed by atoms with Crippen LogP contribution in [0, 0.1) is 0 Å². The Morgan fingerprint density at radius 1 is 0.871 bits per heavy atom. The number of hydrogen-bond acceptors (Lipinski definition) is 5. The molecular formula is C23H24IN3O4. The van der Waals surface area contributed by atoms with Crippen LogP contribution in [0.5, 0.6) is 0 Å². The number of amides is 1. The van der Waals surface area contributed by atoms with Crippen molar-refractivity contribution in [2.24, 2.45) is 0 Å². The van der Waals surface area contributed by atoms with Crippen molar-refractivity contribution in [2.75, 3.05) is 0 Å². The van der Waals surface area contributed by atoms with Crippen molar-refractivity contribution in [3.8, 4) is 0 Å². The SMILES string of the molecule is O=C(N[C@@H](CC[n+]1ccccn1)C(=O)OCc1ccccc1)OCc1ccccc1.[I-]. The Balaban J connectivity index is 0.00000341. The van der Waals surface area contributed by atoms with Gasteiger partial charge in [0.05, 0.1) is 6.20 Å². The number of nitrogens with one attached hydrogen (secondary N) is 1. The Hall–Kier alpha value is -3.01. The number of halogens is 1. The van der Waals surface area contributed by atoms with E-state index in [-0.39, 0.29) is 37.2 Å². The van der Waals surface area contributed by atoms with E-state index in [1.54, 1.807) is 23.1 Å². The van der Waals surface area contributed by atoms with Crippen molar-refractivity contribution >= 4 is 12.1 Å². The van der Waals surface area contributed by atoms with Gasteiger partial charge in [0, 0.05) is 12.5 Å². The second kappa shape index (κ2) is 13.3. The second-order valence-corrected chi connectivity index (χ2v) is 6.60. The van der Waals surface area contributed by atoms with E-state index in [1.165, 1.54) is 0 Å². The molecule has 1 amide bonds. The van der Waals surface area contributed by atoms with Gasteiger partial charge in [-0.3, -0.25) is 0 Å². The lowest BCUT2D eigenvalue weighted by molar-refractivity contribution is -0.754. The second-order valence-electron chi connectivity index (χ2n) is 6.60. The van der Waals surface area contributed by atoms with Crippen LogP contribution in [-0.2, 0) is 34.0 Å². The molecule has 0 spiro atoms. The van der Waals surface area contributed by atoms with Crippen molar-refractivity contribution in [3.05, 3.63) is 96.3 Å². The van der Waals surface area contributed by atoms with Crippen molar-refractivity contribution < 1.29 is 47.7 Å². The maximum atomic E-state index is 12.6. The molecule has 0 bridgehead atoms. The third kappa shape index (κ3) is 8.71. The number of benzene rings is 2. The quantitative estimate of drug-likeness (QED) is 0.234. The summed E-state index contributed by atoms with van der Waals surface area (Å²) in [5, 5.41) is 6.80. The van der Waals surface area contributed by atoms with Crippen molar-refractivity contribution in [3.63, 3.8) is 0 Å². The van der Waals surface area contributed by atoms with Crippen LogP contribution >= 0.6 is 0 Å². The Labute approximate surface area is 198 Å². The van der Waals surface area contributed by atoms with E-state index in [4.69, 9.17) is 9.47 Å². The first-order chi connectivity index (χ1) is 14.7. The Morgan fingerprint density at radius 3 is 2.06 bits per heavy atom. The number of esters is 1. The highest BCUT2D eigenvalue weighted by atomic mass is 127. The van der Waals surface area contributed by atoms with Gasteiger partial charge in [0.1, 0.15) is 19.3 Å². The van der Waals surface area contributed by atoms with Crippen molar-refractivity contribution in [1.29, 1.82) is 0 Å². The summed E-state index contributed by atoms with van der Waals surface area (Å²) in [4.78, 5) is 24.9. The molecule has 1 N–H and O–H groups in total. The van der Waals surface area contributed by atoms with Crippen LogP contribution in [0.4, 0.5) is 4.79 Å². The predicted molar refractivity (Wildman–Crippen MR) is 109 cm³/mol. The molecule has 162 valence electrons. The van der Waals surface area contributed by atoms with E-state index in [0.717, 1.165) is 11.1 Å². The topological polar surface area (TPSA) is 81.4 Å². The molecule has 0 saturated carbocycles. The van der Waals surface area contributed by atoms with Gasteiger partial charge in [0.25, 0.3) is 0 Å². The number of hydrogen-bond donors (Lipinski definition) is 1. The van der Waals surface area contributed by atoms with Crippen LogP contribution in [0.2, 0.25) is 0 Å². The number of ether oxygens (including phenoxy) is 2. The van der Waals surface area contributed by atoms with Gasteiger partial charge in [0.15, 0.2) is 12.7 Å². The monoisotopic (exact) mass is 533 g/mol. The minimum atomic E-state index is -0.855. The molecule has 31 heavy (non-hydrogen) atoms. The molecule has 0 aliphatic carbocycles. The average Bonchev–Trinajstić information content (AvgIpc) is 2.81. The number of alkyl carbamates (subject to hydrolysis) is 1. The van der Waals surface area contributed by atoms with E-state index in [2.05, 4.69) is 10.4 Å². The maximum Gasteiger partial charge on any atom is 0.408 e. The number of carbonyl (C=O) groups excluding carboxylic acids is 2. The summed E-state index contributed by atoms with van der Waals surface area (Å²) in [5.41, 5.74) is 1.73. The largest absolute Gasteiger partial charge is 1.00 e. The molecule has 0 radical (unpaired) electrons. The minimum absolute atomic E-state index is 0. The Morgan fingerprint density at radius 2 is 1.48 bits per heavy atom. The summed E-state index contributed by atoms with van der Waals surface area (Å²) in [5.74, 6) is -0.521. The Kier molecular flexibility index (Phi) is 10.4. The molecule has 1 atom stereocenters. The fraction of sp³-hybridized carbons (Fsp3) is 0.217. The molecule has 1 heterocycles. The van der Waals surface area contributed by atoms with Crippen LogP contribution in [-0.4, -0.2) is 23.2 Å². The molecule has 3 rings (SSSR count). The van der Waals surface area contributed by atoms with Crippen LogP contribution in [0.3, 0.4) is 0 Å². The Bertz CT molecular complexity index is 927. The molecule has 1 aromatic heterocycles. The number of rotatable bonds is 9. The smallest absolute Gasteiger partial charge is 0.408 e. The molecule has 0 aliphatic rings. The molecule has 0 fully saturated rings. The lowest BCUT2D eigenvalue weighted by Gasteiger charge is -2.16. The molecule has 0 saturated heterocycles. The van der Waals surface area contributed by atoms with Gasteiger partial charge in [0.2, 0.25) is 0 Å². The minimum Gasteiger partial charge on any atom is -1.00 e. The first-order valence-corrected chi connectivity index (χ1v) is 9.69. The third-order valence-corrected chi connectivity index (χ3v) is 4.33. The first-order valence-electron chi connectivity index (χ1n) is 9.69. The van der Waals surface area contributed by atoms with Gasteiger partial charge in [-0.1, -0.05) is 65.3 Å². The molecule has 7 nitrogen and oxygen atoms in total. The van der Waals surface area contributed by atoms with Gasteiger partial charge >= 0.3 is 12.1 Å². The lowest BCUT2D eigenvalue weighted by atomic mass is 10.2. The highest BCUT2D eigenvalue weighted by Gasteiger charge is 2.25. The van der Waals surface area contributed by atoms with Gasteiger partial charge in [-0.15, -0.1) is 0 Å². The third-order valence-electron chi connectivity index (χ3n) is 4.33. The van der Waals surface area contributed by atoms with Crippen LogP contribution in [0.1, 0.15) is 17.5 Å². The van der Waals surface area contributed by atoms with E-state index >= 15 is 0 Å². The van der Waals surface area contributed by atoms with Gasteiger partial charge in [-0.2, -0.15) is 0 Å². The highest BCUT2D eigenvalue weighted by Crippen LogP contribution is 2.05. The van der Waals surface area contributed by atoms with Crippen LogP contribution in [0.15, 0.2) is 85.2 Å². The zero-order valence-electron chi connectivity index (χ0n) is 16.9. The summed E-state index contributed by atoms with van der Waals surface area (Å²) in [7, 11) is 0. The summed E-state index contributed by atoms with van der Waals surface area (Å²) >= 11 is 0. The molecule has 3 aromatic rings. The van der Waals surface area contributed by atoms with E-state index in [1.807, 2.05) is 66.7 Å². The summed E-state index contributed by atoms with van der Waals surface area (Å²) in [6.45, 7) is 0.687. The van der Waals surface area contributed by atoms with Crippen molar-refractivity contribution in [2.45, 2.75) is 32.2 Å². The first kappa shape index (κ1) is 24.3. The van der Waals surface area contributed by atoms with Crippen LogP contribution < -0.4 is 34.0 Å². The van der Waals surface area contributed by atoms with Crippen LogP contribution in [0.25, 0.3) is 0 Å². The van der Waals surface area contributed by atoms with Gasteiger partial charge in [-0.25, -0.2) is 9.59 Å². The van der Waals surface area contributed by atoms with E-state index in [0.29, 0.717) is 13.0 Å². The number of aryl methyl sites for hydroxylation is 1. The average molecular weight is 533 g/mol. The molecule has 0 unspecified atom stereocenters. The van der Waals surface area contributed by atoms with Gasteiger partial charge < -0.3 is 38.8 Å². The van der Waals surface area contributed by atoms with Crippen molar-refractivity contribution in [1.82, 2.24) is 10.4 Å². The standard InChI is InChI=1S/C23H23N3O4.HI/c27-22(29-17-19-9-3-1-4-10-19)21(13-16-26-15-8-7-14-24-26)25-23(28)30-18-20-11-5-2-6-12-20;/h1-12,14-15,21H,13,16-18H2;1H/t21-;/m0./s1. The molecular weight excluding hydrogens is 509 g/mol. The molecule has 2 aromatic carbocycles. The normalized spacial score (nSPS) is 11.0. The number of nitrogens with zero attached hydrogens (tertiary/aromatic N) is 2. The summed E-state index contributed by atoms with van der Waals surface area (Å²) in [6, 6.07) is 21.5. The number of carbonyl (C=O) groups is 2. The number of aromatic nitrogens is 2. The predicted octanol–water partition coefficient (Wildman–Crippen LogP) is -0.198. The fourth-order valence-electron chi connectivity index (χ4n) is 2.74. The molecule has 0 aliphatic heterocycles. The summed E-state index contributed by atoms with van der Waals surface area (Å²) < 4.78 is 12.3. The lowest BCUT2D eigenvalue weighted by Crippen LogP contribution is -3.00. The maximum absolute atomic E-state index is 12.6. The molecule has 8 heteroatoms. The zero-order chi connectivity index (χ0) is 21.0. The zero-order valence-corrected chi connectivity index (χ0v) is 19.1. The fourth-order valence-corrected chi connectivity index (χ4v) is 2.74. The highest BCUT2D eigenvalue weighted by molar-refractivity contribution is 5.81.